The number of Topliss-reactive ketones (excluding diaryl/α,β-unsaturated/α-hetero) is 5. The molecule has 0 atom stereocenters. The van der Waals surface area contributed by atoms with Crippen LogP contribution in [0.2, 0.25) is 0 Å². The molecule has 0 unspecified atom stereocenters. The van der Waals surface area contributed by atoms with Gasteiger partial charge < -0.3 is 31.9 Å². The van der Waals surface area contributed by atoms with Crippen LogP contribution in [0.15, 0.2) is 115 Å². The average Bonchev–Trinajstić information content (AvgIpc) is 0.865. The van der Waals surface area contributed by atoms with Crippen molar-refractivity contribution in [2.75, 3.05) is 11.5 Å². The standard InChI is InChI=1S/2C11H14O.C10H13NO.C10H12O2.C9H9NO3.C9H11NO.C9H10O3.C8H7NO4.C2H6/c2*1-7-5-8(2)9(3)11(6-7)10(4)12;1-6-4-7(2)10(11)9(5-6)8(3)12;1-6-4-7(2)8(3)9(5-6)10(11)12;1-6-4-3-5-8(7(2)11)9(6)10(12)13;1-6-4-3-5-8(7(2)11)9(6)10;1-5-3-7(9(11)12)6(2)8(10)4-5;1-5-3-2-4-6(8(10)11)7(5)9(12)13;1-2/h2*5-6H,1-4H3;4-5H,11H2,1-3H3;4-5H,1-3H3,(H,11,12);3-5H,1-2H3;3-5H,10H2,1-2H3;3-4,10H,1-2H3,(H,11,12);2-4H,1H3,(H,10,11);1-2H3. The Labute approximate surface area is 581 Å². The number of ketones is 5. The lowest BCUT2D eigenvalue weighted by molar-refractivity contribution is -0.385. The fraction of sp³-hybridized carbons (Fsp3) is 0.291. The molecule has 0 fully saturated rings. The van der Waals surface area contributed by atoms with Crippen LogP contribution in [0.3, 0.4) is 0 Å². The summed E-state index contributed by atoms with van der Waals surface area (Å²) in [6.45, 7) is 41.5. The van der Waals surface area contributed by atoms with Gasteiger partial charge in [-0.2, -0.15) is 0 Å². The molecule has 20 nitrogen and oxygen atoms in total. The minimum atomic E-state index is -1.28. The topological polar surface area (TPSA) is 356 Å². The van der Waals surface area contributed by atoms with Crippen molar-refractivity contribution in [3.8, 4) is 5.75 Å². The molecule has 528 valence electrons. The van der Waals surface area contributed by atoms with Gasteiger partial charge in [-0.3, -0.25) is 44.2 Å². The number of aromatic carboxylic acids is 3. The molecule has 0 aliphatic heterocycles. The molecular weight excluding hydrogens is 1260 g/mol. The van der Waals surface area contributed by atoms with Crippen molar-refractivity contribution in [2.45, 2.75) is 159 Å². The Hall–Kier alpha value is -11.3. The smallest absolute Gasteiger partial charge is 0.342 e. The number of aryl methyl sites for hydroxylation is 12. The van der Waals surface area contributed by atoms with E-state index in [2.05, 4.69) is 12.1 Å². The van der Waals surface area contributed by atoms with Crippen molar-refractivity contribution in [3.05, 3.63) is 269 Å². The molecule has 8 N–H and O–H groups in total. The minimum absolute atomic E-state index is 0.0196. The van der Waals surface area contributed by atoms with Gasteiger partial charge in [-0.05, 0) is 261 Å². The Morgan fingerprint density at radius 1 is 0.313 bits per heavy atom. The van der Waals surface area contributed by atoms with Crippen LogP contribution in [0, 0.1) is 131 Å². The van der Waals surface area contributed by atoms with E-state index < -0.39 is 27.8 Å². The number of nitrogens with zero attached hydrogens (tertiary/aromatic N) is 2. The first-order chi connectivity index (χ1) is 45.8. The number of nitro benzene ring substituents is 2. The molecule has 0 spiro atoms. The van der Waals surface area contributed by atoms with E-state index in [0.29, 0.717) is 44.8 Å². The summed E-state index contributed by atoms with van der Waals surface area (Å²) >= 11 is 0. The Morgan fingerprint density at radius 3 is 0.869 bits per heavy atom. The lowest BCUT2D eigenvalue weighted by atomic mass is 9.98. The number of phenols is 1. The number of hydrogen-bond donors (Lipinski definition) is 6. The predicted octanol–water partition coefficient (Wildman–Crippen LogP) is 18.2. The van der Waals surface area contributed by atoms with Gasteiger partial charge >= 0.3 is 17.9 Å². The van der Waals surface area contributed by atoms with Gasteiger partial charge in [-0.15, -0.1) is 0 Å². The number of aromatic hydroxyl groups is 1. The molecule has 8 aromatic carbocycles. The van der Waals surface area contributed by atoms with E-state index in [1.165, 1.54) is 69.2 Å². The third-order valence-electron chi connectivity index (χ3n) is 15.2. The fourth-order valence-electron chi connectivity index (χ4n) is 9.65. The monoisotopic (exact) mass is 1360 g/mol. The van der Waals surface area contributed by atoms with Gasteiger partial charge in [0, 0.05) is 50.3 Å². The van der Waals surface area contributed by atoms with Crippen molar-refractivity contribution in [2.24, 2.45) is 0 Å². The first-order valence-corrected chi connectivity index (χ1v) is 31.3. The van der Waals surface area contributed by atoms with Crippen LogP contribution in [-0.2, 0) is 0 Å². The second-order valence-electron chi connectivity index (χ2n) is 23.5. The van der Waals surface area contributed by atoms with Crippen LogP contribution in [0.5, 0.6) is 5.75 Å². The molecule has 8 aromatic rings. The highest BCUT2D eigenvalue weighted by Gasteiger charge is 2.22. The SMILES string of the molecule is CC.CC(=O)c1cc(C)cc(C)c1C.CC(=O)c1cc(C)cc(C)c1C.CC(=O)c1cc(C)cc(C)c1N.CC(=O)c1cccc(C)c1N.CC(=O)c1cccc(C)c1[N+](=O)[O-].Cc1cc(C)c(C)c(C(=O)O)c1.Cc1cc(O)c(C)c(C(=O)O)c1.Cc1cccc(C(=O)O)c1[N+](=O)[O-]. The van der Waals surface area contributed by atoms with Crippen molar-refractivity contribution >= 4 is 69.6 Å². The summed E-state index contributed by atoms with van der Waals surface area (Å²) in [5.74, 6) is -3.03. The highest BCUT2D eigenvalue weighted by atomic mass is 16.6. The maximum absolute atomic E-state index is 11.2. The van der Waals surface area contributed by atoms with Crippen LogP contribution in [0.25, 0.3) is 0 Å². The number of hydrogen-bond acceptors (Lipinski definition) is 15. The molecule has 0 heterocycles. The number of nitro groups is 2. The number of nitrogen functional groups attached to an aromatic ring is 2. The van der Waals surface area contributed by atoms with Crippen molar-refractivity contribution < 1.29 is 68.6 Å². The Morgan fingerprint density at radius 2 is 0.566 bits per heavy atom. The van der Waals surface area contributed by atoms with Gasteiger partial charge in [0.15, 0.2) is 28.9 Å². The number of para-hydroxylation sites is 3. The molecule has 20 heteroatoms. The first-order valence-electron chi connectivity index (χ1n) is 31.3. The summed E-state index contributed by atoms with van der Waals surface area (Å²) in [6, 6.07) is 33.0. The number of rotatable bonds is 10. The summed E-state index contributed by atoms with van der Waals surface area (Å²) in [7, 11) is 0. The van der Waals surface area contributed by atoms with Crippen LogP contribution in [-0.4, -0.2) is 77.1 Å². The third kappa shape index (κ3) is 27.4. The van der Waals surface area contributed by atoms with Gasteiger partial charge in [0.1, 0.15) is 11.3 Å². The number of carbonyl (C=O) groups is 8. The maximum atomic E-state index is 11.2. The highest BCUT2D eigenvalue weighted by molar-refractivity contribution is 6.01. The van der Waals surface area contributed by atoms with E-state index in [4.69, 9.17) is 26.8 Å². The van der Waals surface area contributed by atoms with Crippen molar-refractivity contribution in [1.82, 2.24) is 0 Å². The van der Waals surface area contributed by atoms with E-state index in [1.54, 1.807) is 65.0 Å². The van der Waals surface area contributed by atoms with Crippen LogP contribution >= 0.6 is 0 Å². The molecule has 0 aromatic heterocycles. The Balaban J connectivity index is 0.00000110. The Kier molecular flexibility index (Phi) is 36.3. The van der Waals surface area contributed by atoms with Gasteiger partial charge in [-0.1, -0.05) is 85.6 Å². The quantitative estimate of drug-likeness (QED) is 0.0320. The van der Waals surface area contributed by atoms with E-state index >= 15 is 0 Å². The number of benzene rings is 8. The van der Waals surface area contributed by atoms with E-state index in [1.807, 2.05) is 139 Å². The molecule has 0 saturated carbocycles. The number of phenolic OH excluding ortho intramolecular Hbond substituents is 1. The predicted molar refractivity (Wildman–Crippen MR) is 393 cm³/mol. The second-order valence-corrected chi connectivity index (χ2v) is 23.5. The van der Waals surface area contributed by atoms with E-state index in [-0.39, 0.29) is 62.7 Å². The summed E-state index contributed by atoms with van der Waals surface area (Å²) in [4.78, 5) is 107. The zero-order valence-electron chi connectivity index (χ0n) is 61.2. The van der Waals surface area contributed by atoms with Crippen LogP contribution in [0.4, 0.5) is 22.7 Å². The molecule has 0 bridgehead atoms. The number of anilines is 2. The zero-order valence-corrected chi connectivity index (χ0v) is 61.2. The molecule has 0 radical (unpaired) electrons. The highest BCUT2D eigenvalue weighted by Crippen LogP contribution is 2.26. The van der Waals surface area contributed by atoms with Crippen molar-refractivity contribution in [1.29, 1.82) is 0 Å². The molecule has 99 heavy (non-hydrogen) atoms. The largest absolute Gasteiger partial charge is 0.508 e. The number of carboxylic acid groups (broad SMARTS) is 3. The molecule has 0 aliphatic carbocycles. The number of carbonyl (C=O) groups excluding carboxylic acids is 5. The summed E-state index contributed by atoms with van der Waals surface area (Å²) in [6.07, 6.45) is 0. The number of carboxylic acids is 3. The summed E-state index contributed by atoms with van der Waals surface area (Å²) in [5, 5.41) is 56.5. The van der Waals surface area contributed by atoms with Crippen molar-refractivity contribution in [3.63, 3.8) is 0 Å². The normalized spacial score (nSPS) is 9.69. The van der Waals surface area contributed by atoms with Crippen LogP contribution in [0.1, 0.15) is 220 Å². The minimum Gasteiger partial charge on any atom is -0.508 e. The average molecular weight is 1360 g/mol. The van der Waals surface area contributed by atoms with E-state index in [9.17, 15) is 63.7 Å². The van der Waals surface area contributed by atoms with Crippen LogP contribution < -0.4 is 11.5 Å². The lowest BCUT2D eigenvalue weighted by Crippen LogP contribution is -2.03. The van der Waals surface area contributed by atoms with Gasteiger partial charge in [0.25, 0.3) is 11.4 Å². The molecule has 0 saturated heterocycles. The van der Waals surface area contributed by atoms with Gasteiger partial charge in [0.2, 0.25) is 0 Å². The Bertz CT molecular complexity index is 3850. The van der Waals surface area contributed by atoms with Gasteiger partial charge in [-0.25, -0.2) is 14.4 Å². The summed E-state index contributed by atoms with van der Waals surface area (Å²) < 4.78 is 0. The molecule has 8 rings (SSSR count). The maximum Gasteiger partial charge on any atom is 0.342 e. The fourth-order valence-corrected chi connectivity index (χ4v) is 9.65. The first kappa shape index (κ1) is 87.7. The molecule has 0 amide bonds. The molecular formula is C79H96N4O16. The second kappa shape index (κ2) is 41.0. The zero-order chi connectivity index (χ0) is 77.0. The molecule has 0 aliphatic rings. The van der Waals surface area contributed by atoms with E-state index in [0.717, 1.165) is 72.3 Å². The number of nitrogens with two attached hydrogens (primary N) is 2. The van der Waals surface area contributed by atoms with Gasteiger partial charge in [0.05, 0.1) is 26.5 Å². The lowest BCUT2D eigenvalue weighted by Gasteiger charge is -2.06. The third-order valence-corrected chi connectivity index (χ3v) is 15.2. The summed E-state index contributed by atoms with van der Waals surface area (Å²) in [5.41, 5.74) is 30.4.